The summed E-state index contributed by atoms with van der Waals surface area (Å²) in [7, 11) is 0. The molecule has 122 valence electrons. The van der Waals surface area contributed by atoms with E-state index in [9.17, 15) is 9.90 Å². The molecule has 1 N–H and O–H groups in total. The molecule has 1 aliphatic carbocycles. The van der Waals surface area contributed by atoms with E-state index in [2.05, 4.69) is 18.7 Å². The van der Waals surface area contributed by atoms with Gasteiger partial charge in [-0.25, -0.2) is 0 Å². The monoisotopic (exact) mass is 322 g/mol. The Morgan fingerprint density at radius 3 is 2.59 bits per heavy atom. The number of nitrogens with zero attached hydrogens (tertiary/aromatic N) is 2. The predicted octanol–water partition coefficient (Wildman–Crippen LogP) is 2.29. The fourth-order valence-corrected chi connectivity index (χ4v) is 4.82. The Kier molecular flexibility index (Phi) is 4.85. The third-order valence-corrected chi connectivity index (χ3v) is 6.44. The van der Waals surface area contributed by atoms with Gasteiger partial charge in [0.2, 0.25) is 0 Å². The molecule has 2 aliphatic rings. The van der Waals surface area contributed by atoms with Crippen LogP contribution in [0.15, 0.2) is 6.07 Å². The van der Waals surface area contributed by atoms with Crippen LogP contribution in [0.5, 0.6) is 0 Å². The van der Waals surface area contributed by atoms with Crippen LogP contribution in [-0.4, -0.2) is 59.1 Å². The van der Waals surface area contributed by atoms with Crippen LogP contribution in [0.2, 0.25) is 0 Å². The van der Waals surface area contributed by atoms with Gasteiger partial charge in [0.25, 0.3) is 5.91 Å². The number of carbonyl (C=O) groups excluding carboxylic acids is 1. The van der Waals surface area contributed by atoms with Crippen LogP contribution < -0.4 is 0 Å². The Labute approximate surface area is 136 Å². The highest BCUT2D eigenvalue weighted by Gasteiger charge is 2.33. The molecule has 1 saturated heterocycles. The Bertz CT molecular complexity index is 535. The Balaban J connectivity index is 1.59. The minimum atomic E-state index is -0.172. The molecule has 1 saturated carbocycles. The van der Waals surface area contributed by atoms with Crippen LogP contribution in [0.1, 0.15) is 46.3 Å². The number of aliphatic hydroxyl groups excluding tert-OH is 1. The molecular weight excluding hydrogens is 296 g/mol. The molecule has 22 heavy (non-hydrogen) atoms. The maximum absolute atomic E-state index is 12.6. The quantitative estimate of drug-likeness (QED) is 0.928. The number of carbonyl (C=O) groups is 1. The Morgan fingerprint density at radius 2 is 2.05 bits per heavy atom. The number of amides is 1. The minimum Gasteiger partial charge on any atom is -0.391 e. The second kappa shape index (κ2) is 6.69. The summed E-state index contributed by atoms with van der Waals surface area (Å²) in [6, 6.07) is 2.35. The van der Waals surface area contributed by atoms with Gasteiger partial charge in [-0.1, -0.05) is 6.92 Å². The predicted molar refractivity (Wildman–Crippen MR) is 89.6 cm³/mol. The van der Waals surface area contributed by atoms with E-state index in [4.69, 9.17) is 0 Å². The van der Waals surface area contributed by atoms with Gasteiger partial charge in [0, 0.05) is 37.1 Å². The van der Waals surface area contributed by atoms with Crippen molar-refractivity contribution in [1.82, 2.24) is 9.80 Å². The SMILES string of the molecule is CCc1sc(C(=O)N2CCN(C3CCCC3O)CC2)cc1C. The maximum Gasteiger partial charge on any atom is 0.264 e. The van der Waals surface area contributed by atoms with Crippen molar-refractivity contribution in [2.45, 2.75) is 51.7 Å². The Morgan fingerprint density at radius 1 is 1.32 bits per heavy atom. The number of thiophene rings is 1. The van der Waals surface area contributed by atoms with Crippen molar-refractivity contribution in [2.24, 2.45) is 0 Å². The molecule has 0 radical (unpaired) electrons. The first-order valence-corrected chi connectivity index (χ1v) is 9.22. The van der Waals surface area contributed by atoms with E-state index < -0.39 is 0 Å². The molecule has 1 aromatic rings. The number of piperazine rings is 1. The van der Waals surface area contributed by atoms with Gasteiger partial charge in [-0.15, -0.1) is 11.3 Å². The fourth-order valence-electron chi connectivity index (χ4n) is 3.74. The lowest BCUT2D eigenvalue weighted by atomic mass is 10.1. The molecule has 5 heteroatoms. The summed E-state index contributed by atoms with van der Waals surface area (Å²) < 4.78 is 0. The summed E-state index contributed by atoms with van der Waals surface area (Å²) in [6.45, 7) is 7.56. The molecule has 2 unspecified atom stereocenters. The average Bonchev–Trinajstić information content (AvgIpc) is 3.12. The third kappa shape index (κ3) is 3.07. The summed E-state index contributed by atoms with van der Waals surface area (Å²) in [5.74, 6) is 0.180. The van der Waals surface area contributed by atoms with Gasteiger partial charge in [0.1, 0.15) is 0 Å². The van der Waals surface area contributed by atoms with Gasteiger partial charge in [-0.05, 0) is 44.2 Å². The van der Waals surface area contributed by atoms with E-state index in [1.807, 2.05) is 11.0 Å². The highest BCUT2D eigenvalue weighted by molar-refractivity contribution is 7.14. The lowest BCUT2D eigenvalue weighted by Gasteiger charge is -2.39. The maximum atomic E-state index is 12.6. The zero-order valence-corrected chi connectivity index (χ0v) is 14.4. The smallest absolute Gasteiger partial charge is 0.264 e. The van der Waals surface area contributed by atoms with Crippen molar-refractivity contribution in [3.8, 4) is 0 Å². The van der Waals surface area contributed by atoms with Crippen LogP contribution in [0.3, 0.4) is 0 Å². The summed E-state index contributed by atoms with van der Waals surface area (Å²) >= 11 is 1.64. The van der Waals surface area contributed by atoms with Crippen molar-refractivity contribution in [3.05, 3.63) is 21.4 Å². The second-order valence-corrected chi connectivity index (χ2v) is 7.60. The summed E-state index contributed by atoms with van der Waals surface area (Å²) in [5.41, 5.74) is 1.24. The molecule has 4 nitrogen and oxygen atoms in total. The molecule has 3 rings (SSSR count). The van der Waals surface area contributed by atoms with E-state index in [0.717, 1.165) is 56.7 Å². The molecule has 1 amide bonds. The van der Waals surface area contributed by atoms with Crippen molar-refractivity contribution in [3.63, 3.8) is 0 Å². The fraction of sp³-hybridized carbons (Fsp3) is 0.706. The standard InChI is InChI=1S/C17H26N2O2S/c1-3-15-12(2)11-16(22-15)17(21)19-9-7-18(8-10-19)13-5-4-6-14(13)20/h11,13-14,20H,3-10H2,1-2H3. The summed E-state index contributed by atoms with van der Waals surface area (Å²) in [4.78, 5) is 19.2. The highest BCUT2D eigenvalue weighted by Crippen LogP contribution is 2.27. The first-order valence-electron chi connectivity index (χ1n) is 8.41. The van der Waals surface area contributed by atoms with E-state index in [0.29, 0.717) is 6.04 Å². The van der Waals surface area contributed by atoms with Crippen molar-refractivity contribution >= 4 is 17.2 Å². The topological polar surface area (TPSA) is 43.8 Å². The number of aryl methyl sites for hydroxylation is 2. The molecule has 1 aromatic heterocycles. The van der Waals surface area contributed by atoms with Gasteiger partial charge in [0.15, 0.2) is 0 Å². The number of hydrogen-bond acceptors (Lipinski definition) is 4. The number of rotatable bonds is 3. The first kappa shape index (κ1) is 16.0. The van der Waals surface area contributed by atoms with Crippen LogP contribution in [0, 0.1) is 6.92 Å². The van der Waals surface area contributed by atoms with Gasteiger partial charge in [-0.2, -0.15) is 0 Å². The van der Waals surface area contributed by atoms with Crippen molar-refractivity contribution in [1.29, 1.82) is 0 Å². The largest absolute Gasteiger partial charge is 0.391 e. The average molecular weight is 322 g/mol. The third-order valence-electron chi connectivity index (χ3n) is 5.07. The minimum absolute atomic E-state index is 0.172. The highest BCUT2D eigenvalue weighted by atomic mass is 32.1. The molecule has 0 spiro atoms. The first-order chi connectivity index (χ1) is 10.6. The zero-order valence-electron chi connectivity index (χ0n) is 13.5. The van der Waals surface area contributed by atoms with Gasteiger partial charge < -0.3 is 10.0 Å². The number of hydrogen-bond donors (Lipinski definition) is 1. The summed E-state index contributed by atoms with van der Waals surface area (Å²) in [5, 5.41) is 10.0. The molecule has 1 aliphatic heterocycles. The lowest BCUT2D eigenvalue weighted by molar-refractivity contribution is 0.0318. The normalized spacial score (nSPS) is 26.6. The van der Waals surface area contributed by atoms with Crippen LogP contribution in [-0.2, 0) is 6.42 Å². The van der Waals surface area contributed by atoms with Gasteiger partial charge in [0.05, 0.1) is 11.0 Å². The lowest BCUT2D eigenvalue weighted by Crippen LogP contribution is -2.53. The van der Waals surface area contributed by atoms with Crippen molar-refractivity contribution < 1.29 is 9.90 Å². The van der Waals surface area contributed by atoms with E-state index in [1.165, 1.54) is 10.4 Å². The molecule has 2 atom stereocenters. The van der Waals surface area contributed by atoms with Gasteiger partial charge >= 0.3 is 0 Å². The van der Waals surface area contributed by atoms with E-state index in [1.54, 1.807) is 11.3 Å². The molecule has 2 fully saturated rings. The van der Waals surface area contributed by atoms with Crippen LogP contribution in [0.4, 0.5) is 0 Å². The van der Waals surface area contributed by atoms with Gasteiger partial charge in [-0.3, -0.25) is 9.69 Å². The van der Waals surface area contributed by atoms with Crippen LogP contribution >= 0.6 is 11.3 Å². The second-order valence-electron chi connectivity index (χ2n) is 6.46. The Hall–Kier alpha value is -0.910. The molecule has 2 heterocycles. The number of aliphatic hydroxyl groups is 1. The van der Waals surface area contributed by atoms with Crippen LogP contribution in [0.25, 0.3) is 0 Å². The molecule has 0 aromatic carbocycles. The van der Waals surface area contributed by atoms with E-state index in [-0.39, 0.29) is 12.0 Å². The summed E-state index contributed by atoms with van der Waals surface area (Å²) in [6.07, 6.45) is 3.97. The molecule has 0 bridgehead atoms. The molecular formula is C17H26N2O2S. The van der Waals surface area contributed by atoms with E-state index >= 15 is 0 Å². The zero-order chi connectivity index (χ0) is 15.7. The van der Waals surface area contributed by atoms with Crippen molar-refractivity contribution in [2.75, 3.05) is 26.2 Å².